The Morgan fingerprint density at radius 2 is 1.75 bits per heavy atom. The van der Waals surface area contributed by atoms with E-state index >= 15 is 0 Å². The molecule has 1 aliphatic rings. The summed E-state index contributed by atoms with van der Waals surface area (Å²) >= 11 is 0. The molecule has 1 aliphatic heterocycles. The highest BCUT2D eigenvalue weighted by molar-refractivity contribution is 5.97. The number of H-pyrrole nitrogens is 1. The van der Waals surface area contributed by atoms with Gasteiger partial charge in [-0.2, -0.15) is 5.10 Å². The first-order valence-electron chi connectivity index (χ1n) is 10.4. The van der Waals surface area contributed by atoms with Gasteiger partial charge >= 0.3 is 0 Å². The van der Waals surface area contributed by atoms with E-state index in [1.165, 1.54) is 24.3 Å². The van der Waals surface area contributed by atoms with Crippen LogP contribution in [0.5, 0.6) is 0 Å². The zero-order valence-corrected chi connectivity index (χ0v) is 17.7. The molecule has 0 bridgehead atoms. The number of anilines is 1. The Kier molecular flexibility index (Phi) is 4.98. The number of hydrogen-bond acceptors (Lipinski definition) is 4. The molecule has 2 N–H and O–H groups in total. The highest BCUT2D eigenvalue weighted by atomic mass is 19.1. The number of aromatic nitrogens is 2. The van der Waals surface area contributed by atoms with Crippen LogP contribution in [-0.2, 0) is 6.54 Å². The minimum atomic E-state index is -0.507. The summed E-state index contributed by atoms with van der Waals surface area (Å²) in [5, 5.41) is 11.2. The number of rotatable bonds is 4. The van der Waals surface area contributed by atoms with Gasteiger partial charge in [-0.15, -0.1) is 0 Å². The van der Waals surface area contributed by atoms with Gasteiger partial charge in [0.15, 0.2) is 0 Å². The summed E-state index contributed by atoms with van der Waals surface area (Å²) in [6.45, 7) is 0.769. The molecule has 3 aromatic carbocycles. The van der Waals surface area contributed by atoms with Gasteiger partial charge in [-0.05, 0) is 55.1 Å². The minimum Gasteiger partial charge on any atom is -0.377 e. The Balaban J connectivity index is 1.76. The van der Waals surface area contributed by atoms with E-state index in [0.717, 1.165) is 23.2 Å². The van der Waals surface area contributed by atoms with Crippen LogP contribution in [-0.4, -0.2) is 29.2 Å². The summed E-state index contributed by atoms with van der Waals surface area (Å²) < 4.78 is 28.0. The topological polar surface area (TPSA) is 61.0 Å². The number of hydrogen-bond donors (Lipinski definition) is 2. The van der Waals surface area contributed by atoms with Crippen LogP contribution in [0.1, 0.15) is 34.3 Å². The van der Waals surface area contributed by atoms with Gasteiger partial charge < -0.3 is 10.2 Å². The van der Waals surface area contributed by atoms with E-state index < -0.39 is 11.4 Å². The first-order valence-corrected chi connectivity index (χ1v) is 10.4. The van der Waals surface area contributed by atoms with Crippen LogP contribution in [0.2, 0.25) is 0 Å². The van der Waals surface area contributed by atoms with Crippen molar-refractivity contribution >= 4 is 16.5 Å². The molecule has 5 nitrogen and oxygen atoms in total. The largest absolute Gasteiger partial charge is 0.377 e. The fourth-order valence-electron chi connectivity index (χ4n) is 4.58. The smallest absolute Gasteiger partial charge is 0.272 e. The molecule has 162 valence electrons. The lowest BCUT2D eigenvalue weighted by molar-refractivity contribution is 0.402. The van der Waals surface area contributed by atoms with Gasteiger partial charge in [-0.3, -0.25) is 4.79 Å². The second-order valence-electron chi connectivity index (χ2n) is 8.45. The molecule has 7 heteroatoms. The van der Waals surface area contributed by atoms with Crippen molar-refractivity contribution in [2.45, 2.75) is 18.5 Å². The average molecular weight is 432 g/mol. The molecule has 32 heavy (non-hydrogen) atoms. The van der Waals surface area contributed by atoms with Crippen LogP contribution >= 0.6 is 0 Å². The van der Waals surface area contributed by atoms with Crippen molar-refractivity contribution in [2.24, 2.45) is 0 Å². The quantitative estimate of drug-likeness (QED) is 0.496. The van der Waals surface area contributed by atoms with Crippen molar-refractivity contribution < 1.29 is 8.78 Å². The van der Waals surface area contributed by atoms with Crippen molar-refractivity contribution in [3.05, 3.63) is 105 Å². The molecule has 2 atom stereocenters. The number of nitrogens with zero attached hydrogens (tertiary/aromatic N) is 2. The van der Waals surface area contributed by atoms with Crippen LogP contribution in [0, 0.1) is 11.6 Å². The standard InChI is InChI=1S/C25H22F2N4O/c1-31(2)13-14-4-3-5-16(10-14)21-23(15-6-8-17(26)9-7-15)28-20-12-18(27)11-19-22(20)24(21)29-30-25(19)32/h3-12,21,23,28H,13H2,1-2H3,(H,30,32)/t21-,23-/m0/s1. The molecular weight excluding hydrogens is 410 g/mol. The van der Waals surface area contributed by atoms with Crippen molar-refractivity contribution in [3.63, 3.8) is 0 Å². The molecule has 0 aliphatic carbocycles. The summed E-state index contributed by atoms with van der Waals surface area (Å²) in [5.74, 6) is -1.11. The van der Waals surface area contributed by atoms with Crippen molar-refractivity contribution in [3.8, 4) is 0 Å². The number of aromatic amines is 1. The molecule has 0 fully saturated rings. The van der Waals surface area contributed by atoms with Gasteiger partial charge in [0, 0.05) is 17.6 Å². The van der Waals surface area contributed by atoms with Gasteiger partial charge in [0.2, 0.25) is 0 Å². The second-order valence-corrected chi connectivity index (χ2v) is 8.45. The monoisotopic (exact) mass is 432 g/mol. The summed E-state index contributed by atoms with van der Waals surface area (Å²) in [6, 6.07) is 16.7. The Morgan fingerprint density at radius 1 is 0.969 bits per heavy atom. The second kappa shape index (κ2) is 7.84. The third-order valence-corrected chi connectivity index (χ3v) is 5.86. The Morgan fingerprint density at radius 3 is 2.50 bits per heavy atom. The predicted octanol–water partition coefficient (Wildman–Crippen LogP) is 4.56. The summed E-state index contributed by atoms with van der Waals surface area (Å²) in [5.41, 5.74) is 3.70. The maximum absolute atomic E-state index is 14.3. The zero-order valence-electron chi connectivity index (χ0n) is 17.7. The maximum atomic E-state index is 14.3. The third kappa shape index (κ3) is 3.54. The average Bonchev–Trinajstić information content (AvgIpc) is 2.75. The van der Waals surface area contributed by atoms with Crippen molar-refractivity contribution in [1.29, 1.82) is 0 Å². The fourth-order valence-corrected chi connectivity index (χ4v) is 4.58. The van der Waals surface area contributed by atoms with Crippen LogP contribution in [0.25, 0.3) is 10.8 Å². The maximum Gasteiger partial charge on any atom is 0.272 e. The molecule has 4 aromatic rings. The first kappa shape index (κ1) is 20.3. The highest BCUT2D eigenvalue weighted by Crippen LogP contribution is 2.46. The Bertz CT molecular complexity index is 1360. The third-order valence-electron chi connectivity index (χ3n) is 5.86. The zero-order chi connectivity index (χ0) is 22.4. The minimum absolute atomic E-state index is 0.254. The molecular formula is C25H22F2N4O. The predicted molar refractivity (Wildman–Crippen MR) is 121 cm³/mol. The van der Waals surface area contributed by atoms with Gasteiger partial charge in [0.05, 0.1) is 23.0 Å². The van der Waals surface area contributed by atoms with E-state index in [2.05, 4.69) is 32.5 Å². The summed E-state index contributed by atoms with van der Waals surface area (Å²) in [7, 11) is 4.02. The molecule has 0 unspecified atom stereocenters. The van der Waals surface area contributed by atoms with Gasteiger partial charge in [-0.1, -0.05) is 36.4 Å². The lowest BCUT2D eigenvalue weighted by Crippen LogP contribution is -2.28. The molecule has 0 saturated heterocycles. The molecule has 1 aromatic heterocycles. The summed E-state index contributed by atoms with van der Waals surface area (Å²) in [4.78, 5) is 14.5. The SMILES string of the molecule is CN(C)Cc1cccc([C@@H]2c3n[nH]c(=O)c4cc(F)cc(c34)N[C@H]2c2ccc(F)cc2)c1. The number of benzene rings is 3. The van der Waals surface area contributed by atoms with E-state index in [4.69, 9.17) is 0 Å². The van der Waals surface area contributed by atoms with Crippen LogP contribution < -0.4 is 10.9 Å². The van der Waals surface area contributed by atoms with E-state index in [-0.39, 0.29) is 23.2 Å². The first-order chi connectivity index (χ1) is 15.4. The molecule has 0 radical (unpaired) electrons. The van der Waals surface area contributed by atoms with Crippen molar-refractivity contribution in [2.75, 3.05) is 19.4 Å². The number of nitrogens with one attached hydrogen (secondary N) is 2. The Labute approximate surface area is 183 Å². The van der Waals surface area contributed by atoms with Gasteiger partial charge in [-0.25, -0.2) is 13.9 Å². The van der Waals surface area contributed by atoms with E-state index in [0.29, 0.717) is 16.8 Å². The molecule has 0 saturated carbocycles. The van der Waals surface area contributed by atoms with E-state index in [1.54, 1.807) is 12.1 Å². The van der Waals surface area contributed by atoms with Crippen LogP contribution in [0.3, 0.4) is 0 Å². The highest BCUT2D eigenvalue weighted by Gasteiger charge is 2.35. The lowest BCUT2D eigenvalue weighted by Gasteiger charge is -2.35. The van der Waals surface area contributed by atoms with Crippen LogP contribution in [0.15, 0.2) is 65.5 Å². The number of halogens is 2. The Hall–Kier alpha value is -3.58. The van der Waals surface area contributed by atoms with E-state index in [1.807, 2.05) is 26.2 Å². The van der Waals surface area contributed by atoms with Gasteiger partial charge in [0.1, 0.15) is 11.6 Å². The molecule has 5 rings (SSSR count). The van der Waals surface area contributed by atoms with E-state index in [9.17, 15) is 13.6 Å². The molecule has 0 amide bonds. The van der Waals surface area contributed by atoms with Gasteiger partial charge in [0.25, 0.3) is 5.56 Å². The van der Waals surface area contributed by atoms with Crippen molar-refractivity contribution in [1.82, 2.24) is 15.1 Å². The molecule has 0 spiro atoms. The van der Waals surface area contributed by atoms with Crippen LogP contribution in [0.4, 0.5) is 14.5 Å². The fraction of sp³-hybridized carbons (Fsp3) is 0.200. The normalized spacial score (nSPS) is 17.5. The lowest BCUT2D eigenvalue weighted by atomic mass is 9.79. The summed E-state index contributed by atoms with van der Waals surface area (Å²) in [6.07, 6.45) is 0. The molecule has 2 heterocycles.